The van der Waals surface area contributed by atoms with Crippen LogP contribution < -0.4 is 0 Å². The molecular weight excluding hydrogens is 250 g/mol. The van der Waals surface area contributed by atoms with Crippen LogP contribution in [-0.2, 0) is 16.0 Å². The second-order valence-electron chi connectivity index (χ2n) is 4.17. The fourth-order valence-electron chi connectivity index (χ4n) is 1.93. The highest BCUT2D eigenvalue weighted by molar-refractivity contribution is 6.31. The predicted octanol–water partition coefficient (Wildman–Crippen LogP) is 3.35. The zero-order chi connectivity index (χ0) is 12.8. The average molecular weight is 268 g/mol. The first kappa shape index (κ1) is 13.4. The van der Waals surface area contributed by atoms with Crippen LogP contribution in [0.3, 0.4) is 0 Å². The molecule has 0 spiro atoms. The summed E-state index contributed by atoms with van der Waals surface area (Å²) in [5.74, 6) is 0. The van der Waals surface area contributed by atoms with Crippen molar-refractivity contribution < 1.29 is 9.47 Å². The molecule has 0 bridgehead atoms. The number of hydrogen-bond acceptors (Lipinski definition) is 2. The Hall–Kier alpha value is -1.03. The number of aromatic nitrogens is 1. The Bertz CT molecular complexity index is 495. The van der Waals surface area contributed by atoms with Gasteiger partial charge < -0.3 is 14.0 Å². The van der Waals surface area contributed by atoms with Crippen molar-refractivity contribution in [1.29, 1.82) is 0 Å². The lowest BCUT2D eigenvalue weighted by molar-refractivity contribution is 0.0681. The standard InChI is InChI=1S/C14H18ClNO2/c1-17-9-10-18-8-2-6-16-7-5-12-3-4-13(15)11-14(12)16/h3-5,7,11H,2,6,8-10H2,1H3. The highest BCUT2D eigenvalue weighted by Crippen LogP contribution is 2.20. The highest BCUT2D eigenvalue weighted by atomic mass is 35.5. The largest absolute Gasteiger partial charge is 0.382 e. The number of methoxy groups -OCH3 is 1. The molecule has 18 heavy (non-hydrogen) atoms. The highest BCUT2D eigenvalue weighted by Gasteiger charge is 2.01. The molecule has 1 aromatic carbocycles. The Morgan fingerprint density at radius 3 is 2.89 bits per heavy atom. The van der Waals surface area contributed by atoms with Gasteiger partial charge in [-0.25, -0.2) is 0 Å². The van der Waals surface area contributed by atoms with Crippen molar-refractivity contribution in [3.63, 3.8) is 0 Å². The molecule has 0 aliphatic carbocycles. The molecule has 0 aliphatic rings. The van der Waals surface area contributed by atoms with Crippen LogP contribution in [0.1, 0.15) is 6.42 Å². The number of ether oxygens (including phenoxy) is 2. The van der Waals surface area contributed by atoms with Crippen LogP contribution in [0.25, 0.3) is 10.9 Å². The lowest BCUT2D eigenvalue weighted by atomic mass is 10.2. The first-order valence-corrected chi connectivity index (χ1v) is 6.50. The van der Waals surface area contributed by atoms with Gasteiger partial charge in [-0.15, -0.1) is 0 Å². The van der Waals surface area contributed by atoms with Crippen LogP contribution in [0.2, 0.25) is 5.02 Å². The lowest BCUT2D eigenvalue weighted by Gasteiger charge is -2.06. The molecule has 0 fully saturated rings. The van der Waals surface area contributed by atoms with E-state index < -0.39 is 0 Å². The summed E-state index contributed by atoms with van der Waals surface area (Å²) in [5, 5.41) is 2.00. The van der Waals surface area contributed by atoms with Gasteiger partial charge in [0.2, 0.25) is 0 Å². The van der Waals surface area contributed by atoms with Gasteiger partial charge in [-0.05, 0) is 30.0 Å². The number of fused-ring (bicyclic) bond motifs is 1. The van der Waals surface area contributed by atoms with E-state index in [1.165, 1.54) is 10.9 Å². The Kier molecular flexibility index (Phi) is 5.05. The van der Waals surface area contributed by atoms with Crippen molar-refractivity contribution in [3.8, 4) is 0 Å². The van der Waals surface area contributed by atoms with Crippen molar-refractivity contribution in [2.24, 2.45) is 0 Å². The van der Waals surface area contributed by atoms with Gasteiger partial charge in [0.25, 0.3) is 0 Å². The van der Waals surface area contributed by atoms with Gasteiger partial charge in [0, 0.05) is 37.0 Å². The first-order chi connectivity index (χ1) is 8.81. The monoisotopic (exact) mass is 267 g/mol. The lowest BCUT2D eigenvalue weighted by Crippen LogP contribution is -2.05. The second-order valence-corrected chi connectivity index (χ2v) is 4.61. The fraction of sp³-hybridized carbons (Fsp3) is 0.429. The molecule has 2 aromatic rings. The molecule has 0 N–H and O–H groups in total. The summed E-state index contributed by atoms with van der Waals surface area (Å²) >= 11 is 6.01. The molecule has 0 amide bonds. The Morgan fingerprint density at radius 2 is 2.06 bits per heavy atom. The number of halogens is 1. The number of hydrogen-bond donors (Lipinski definition) is 0. The number of aryl methyl sites for hydroxylation is 1. The molecular formula is C14H18ClNO2. The molecule has 3 nitrogen and oxygen atoms in total. The number of benzene rings is 1. The van der Waals surface area contributed by atoms with Crippen LogP contribution in [0.4, 0.5) is 0 Å². The Balaban J connectivity index is 1.86. The molecule has 0 saturated carbocycles. The Labute approximate surface area is 112 Å². The van der Waals surface area contributed by atoms with Crippen molar-refractivity contribution in [2.75, 3.05) is 26.9 Å². The van der Waals surface area contributed by atoms with Gasteiger partial charge in [0.1, 0.15) is 0 Å². The first-order valence-electron chi connectivity index (χ1n) is 6.12. The summed E-state index contributed by atoms with van der Waals surface area (Å²) in [6, 6.07) is 8.07. The molecule has 2 rings (SSSR count). The van der Waals surface area contributed by atoms with E-state index in [9.17, 15) is 0 Å². The molecule has 0 aliphatic heterocycles. The number of nitrogens with zero attached hydrogens (tertiary/aromatic N) is 1. The third-order valence-corrected chi connectivity index (χ3v) is 3.09. The van der Waals surface area contributed by atoms with Gasteiger partial charge in [-0.1, -0.05) is 17.7 Å². The maximum Gasteiger partial charge on any atom is 0.0700 e. The quantitative estimate of drug-likeness (QED) is 0.718. The topological polar surface area (TPSA) is 23.4 Å². The molecule has 0 radical (unpaired) electrons. The van der Waals surface area contributed by atoms with Crippen LogP contribution in [-0.4, -0.2) is 31.5 Å². The van der Waals surface area contributed by atoms with Crippen molar-refractivity contribution in [3.05, 3.63) is 35.5 Å². The minimum absolute atomic E-state index is 0.655. The van der Waals surface area contributed by atoms with Gasteiger partial charge >= 0.3 is 0 Å². The zero-order valence-corrected chi connectivity index (χ0v) is 11.3. The summed E-state index contributed by atoms with van der Waals surface area (Å²) in [5.41, 5.74) is 1.18. The van der Waals surface area contributed by atoms with E-state index >= 15 is 0 Å². The summed E-state index contributed by atoms with van der Waals surface area (Å²) in [4.78, 5) is 0. The van der Waals surface area contributed by atoms with Crippen LogP contribution in [0, 0.1) is 0 Å². The predicted molar refractivity (Wildman–Crippen MR) is 74.3 cm³/mol. The fourth-order valence-corrected chi connectivity index (χ4v) is 2.10. The summed E-state index contributed by atoms with van der Waals surface area (Å²) in [6.45, 7) is 3.01. The maximum atomic E-state index is 6.01. The van der Waals surface area contributed by atoms with Gasteiger partial charge in [-0.2, -0.15) is 0 Å². The molecule has 4 heteroatoms. The molecule has 0 atom stereocenters. The van der Waals surface area contributed by atoms with Crippen LogP contribution in [0.15, 0.2) is 30.5 Å². The van der Waals surface area contributed by atoms with E-state index in [4.69, 9.17) is 21.1 Å². The molecule has 0 unspecified atom stereocenters. The van der Waals surface area contributed by atoms with E-state index in [0.29, 0.717) is 13.2 Å². The van der Waals surface area contributed by atoms with Crippen molar-refractivity contribution >= 4 is 22.5 Å². The normalized spacial score (nSPS) is 11.2. The maximum absolute atomic E-state index is 6.01. The second kappa shape index (κ2) is 6.78. The molecule has 0 saturated heterocycles. The van der Waals surface area contributed by atoms with Crippen molar-refractivity contribution in [2.45, 2.75) is 13.0 Å². The van der Waals surface area contributed by atoms with E-state index in [1.54, 1.807) is 7.11 Å². The van der Waals surface area contributed by atoms with E-state index in [0.717, 1.165) is 24.6 Å². The van der Waals surface area contributed by atoms with Crippen LogP contribution in [0.5, 0.6) is 0 Å². The van der Waals surface area contributed by atoms with Crippen molar-refractivity contribution in [1.82, 2.24) is 4.57 Å². The molecule has 98 valence electrons. The summed E-state index contributed by atoms with van der Waals surface area (Å²) in [7, 11) is 1.68. The summed E-state index contributed by atoms with van der Waals surface area (Å²) in [6.07, 6.45) is 3.08. The third kappa shape index (κ3) is 3.48. The molecule has 1 heterocycles. The minimum atomic E-state index is 0.655. The van der Waals surface area contributed by atoms with E-state index in [-0.39, 0.29) is 0 Å². The SMILES string of the molecule is COCCOCCCn1ccc2ccc(Cl)cc21. The van der Waals surface area contributed by atoms with Crippen LogP contribution >= 0.6 is 11.6 Å². The zero-order valence-electron chi connectivity index (χ0n) is 10.6. The van der Waals surface area contributed by atoms with E-state index in [1.807, 2.05) is 18.2 Å². The number of rotatable bonds is 7. The van der Waals surface area contributed by atoms with E-state index in [2.05, 4.69) is 16.8 Å². The smallest absolute Gasteiger partial charge is 0.0700 e. The van der Waals surface area contributed by atoms with Gasteiger partial charge in [-0.3, -0.25) is 0 Å². The van der Waals surface area contributed by atoms with Gasteiger partial charge in [0.15, 0.2) is 0 Å². The third-order valence-electron chi connectivity index (χ3n) is 2.86. The minimum Gasteiger partial charge on any atom is -0.382 e. The summed E-state index contributed by atoms with van der Waals surface area (Å²) < 4.78 is 12.6. The Morgan fingerprint density at radius 1 is 1.17 bits per heavy atom. The molecule has 1 aromatic heterocycles. The van der Waals surface area contributed by atoms with Gasteiger partial charge in [0.05, 0.1) is 13.2 Å². The average Bonchev–Trinajstić information content (AvgIpc) is 2.76.